The molecule has 0 aliphatic rings. The molecule has 0 fully saturated rings. The quantitative estimate of drug-likeness (QED) is 0.147. The summed E-state index contributed by atoms with van der Waals surface area (Å²) in [4.78, 5) is 60.4. The topological polar surface area (TPSA) is 208 Å². The van der Waals surface area contributed by atoms with Gasteiger partial charge in [0.2, 0.25) is 17.7 Å². The maximum atomic E-state index is 12.9. The van der Waals surface area contributed by atoms with Gasteiger partial charge in [0.15, 0.2) is 0 Å². The molecule has 0 bridgehead atoms. The van der Waals surface area contributed by atoms with Gasteiger partial charge in [-0.1, -0.05) is 32.4 Å². The first-order chi connectivity index (χ1) is 16.4. The van der Waals surface area contributed by atoms with E-state index in [0.29, 0.717) is 12.0 Å². The Morgan fingerprint density at radius 3 is 2.00 bits per heavy atom. The number of rotatable bonds is 14. The summed E-state index contributed by atoms with van der Waals surface area (Å²) in [5.41, 5.74) is 6.12. The molecule has 5 atom stereocenters. The monoisotopic (exact) mass is 512 g/mol. The third-order valence-corrected chi connectivity index (χ3v) is 5.70. The summed E-state index contributed by atoms with van der Waals surface area (Å²) >= 11 is 4.07. The number of thiol groups is 1. The molecular formula is C22H32N4O8S. The minimum absolute atomic E-state index is 0.00869. The number of nitrogens with one attached hydrogen (secondary N) is 3. The van der Waals surface area contributed by atoms with Crippen LogP contribution in [0.15, 0.2) is 24.3 Å². The fourth-order valence-corrected chi connectivity index (χ4v) is 3.30. The van der Waals surface area contributed by atoms with Gasteiger partial charge in [0.1, 0.15) is 23.9 Å². The van der Waals surface area contributed by atoms with E-state index in [1.807, 2.05) is 0 Å². The Bertz CT molecular complexity index is 911. The van der Waals surface area contributed by atoms with E-state index < -0.39 is 60.2 Å². The van der Waals surface area contributed by atoms with Gasteiger partial charge < -0.3 is 37.0 Å². The second kappa shape index (κ2) is 14.2. The molecule has 194 valence electrons. The Labute approximate surface area is 208 Å². The molecule has 0 spiro atoms. The zero-order chi connectivity index (χ0) is 26.7. The van der Waals surface area contributed by atoms with Crippen LogP contribution in [-0.4, -0.2) is 74.9 Å². The Morgan fingerprint density at radius 1 is 0.943 bits per heavy atom. The lowest BCUT2D eigenvalue weighted by Crippen LogP contribution is -2.59. The number of amides is 3. The molecule has 0 aliphatic carbocycles. The molecule has 8 N–H and O–H groups in total. The number of hydrogen-bond donors (Lipinski definition) is 8. The SMILES string of the molecule is CCC(C)C(NC(=O)C(N)CC(=O)O)C(=O)NC(CS)C(=O)NC(Cc1ccc(O)cc1)C(=O)O. The number of phenols is 1. The van der Waals surface area contributed by atoms with Gasteiger partial charge in [-0.25, -0.2) is 4.79 Å². The molecular weight excluding hydrogens is 480 g/mol. The highest BCUT2D eigenvalue weighted by atomic mass is 32.1. The van der Waals surface area contributed by atoms with Gasteiger partial charge >= 0.3 is 11.9 Å². The highest BCUT2D eigenvalue weighted by Crippen LogP contribution is 2.12. The summed E-state index contributed by atoms with van der Waals surface area (Å²) in [7, 11) is 0. The van der Waals surface area contributed by atoms with E-state index in [1.54, 1.807) is 13.8 Å². The summed E-state index contributed by atoms with van der Waals surface area (Å²) in [5.74, 6) is -5.47. The van der Waals surface area contributed by atoms with Crippen molar-refractivity contribution in [3.63, 3.8) is 0 Å². The van der Waals surface area contributed by atoms with Crippen molar-refractivity contribution < 1.29 is 39.3 Å². The Kier molecular flexibility index (Phi) is 12.0. The van der Waals surface area contributed by atoms with E-state index in [4.69, 9.17) is 10.8 Å². The summed E-state index contributed by atoms with van der Waals surface area (Å²) in [6.07, 6.45) is -0.223. The summed E-state index contributed by atoms with van der Waals surface area (Å²) in [5, 5.41) is 34.9. The molecule has 0 saturated heterocycles. The van der Waals surface area contributed by atoms with Crippen LogP contribution in [0.3, 0.4) is 0 Å². The number of aromatic hydroxyl groups is 1. The van der Waals surface area contributed by atoms with Gasteiger partial charge in [0, 0.05) is 12.2 Å². The number of nitrogens with two attached hydrogens (primary N) is 1. The highest BCUT2D eigenvalue weighted by molar-refractivity contribution is 7.80. The second-order valence-electron chi connectivity index (χ2n) is 8.09. The number of carboxylic acids is 2. The number of carbonyl (C=O) groups is 5. The van der Waals surface area contributed by atoms with Gasteiger partial charge in [-0.2, -0.15) is 12.6 Å². The maximum Gasteiger partial charge on any atom is 0.326 e. The van der Waals surface area contributed by atoms with E-state index in [1.165, 1.54) is 24.3 Å². The average molecular weight is 513 g/mol. The van der Waals surface area contributed by atoms with E-state index in [-0.39, 0.29) is 23.8 Å². The van der Waals surface area contributed by atoms with Crippen LogP contribution in [0.1, 0.15) is 32.3 Å². The molecule has 3 amide bonds. The molecule has 1 rings (SSSR count). The van der Waals surface area contributed by atoms with Crippen LogP contribution in [-0.2, 0) is 30.4 Å². The van der Waals surface area contributed by atoms with Crippen molar-refractivity contribution in [3.8, 4) is 5.75 Å². The number of aliphatic carboxylic acids is 2. The number of hydrogen-bond acceptors (Lipinski definition) is 8. The predicted molar refractivity (Wildman–Crippen MR) is 129 cm³/mol. The molecule has 5 unspecified atom stereocenters. The smallest absolute Gasteiger partial charge is 0.326 e. The van der Waals surface area contributed by atoms with Crippen molar-refractivity contribution in [2.24, 2.45) is 11.7 Å². The maximum absolute atomic E-state index is 12.9. The fourth-order valence-electron chi connectivity index (χ4n) is 3.04. The van der Waals surface area contributed by atoms with Crippen molar-refractivity contribution in [2.75, 3.05) is 5.75 Å². The average Bonchev–Trinajstić information content (AvgIpc) is 2.80. The zero-order valence-electron chi connectivity index (χ0n) is 19.4. The zero-order valence-corrected chi connectivity index (χ0v) is 20.3. The van der Waals surface area contributed by atoms with Crippen LogP contribution in [0.25, 0.3) is 0 Å². The third-order valence-electron chi connectivity index (χ3n) is 5.33. The van der Waals surface area contributed by atoms with Crippen LogP contribution < -0.4 is 21.7 Å². The predicted octanol–water partition coefficient (Wildman–Crippen LogP) is -0.748. The highest BCUT2D eigenvalue weighted by Gasteiger charge is 2.32. The molecule has 0 aliphatic heterocycles. The van der Waals surface area contributed by atoms with Gasteiger partial charge in [-0.3, -0.25) is 19.2 Å². The van der Waals surface area contributed by atoms with E-state index >= 15 is 0 Å². The standard InChI is InChI=1S/C22H32N4O8S/c1-3-11(2)18(26-19(30)14(23)9-17(28)29)21(32)25-16(10-35)20(31)24-15(22(33)34)8-12-4-6-13(27)7-5-12/h4-7,11,14-16,18,27,35H,3,8-10,23H2,1-2H3,(H,24,31)(H,25,32)(H,26,30)(H,28,29)(H,33,34). The molecule has 1 aromatic rings. The molecule has 1 aromatic carbocycles. The van der Waals surface area contributed by atoms with Crippen LogP contribution in [0.2, 0.25) is 0 Å². The van der Waals surface area contributed by atoms with Gasteiger partial charge in [0.05, 0.1) is 12.5 Å². The second-order valence-corrected chi connectivity index (χ2v) is 8.46. The first kappa shape index (κ1) is 29.7. The van der Waals surface area contributed by atoms with Gasteiger partial charge in [-0.05, 0) is 23.6 Å². The first-order valence-electron chi connectivity index (χ1n) is 10.9. The van der Waals surface area contributed by atoms with Crippen molar-refractivity contribution in [3.05, 3.63) is 29.8 Å². The summed E-state index contributed by atoms with van der Waals surface area (Å²) in [6, 6.07) is 0.792. The van der Waals surface area contributed by atoms with E-state index in [9.17, 15) is 34.2 Å². The Morgan fingerprint density at radius 2 is 1.51 bits per heavy atom. The molecule has 0 saturated carbocycles. The Balaban J connectivity index is 2.91. The Hall–Kier alpha value is -3.32. The first-order valence-corrected chi connectivity index (χ1v) is 11.5. The van der Waals surface area contributed by atoms with Crippen LogP contribution in [0, 0.1) is 5.92 Å². The van der Waals surface area contributed by atoms with Crippen LogP contribution in [0.5, 0.6) is 5.75 Å². The summed E-state index contributed by atoms with van der Waals surface area (Å²) in [6.45, 7) is 3.46. The van der Waals surface area contributed by atoms with E-state index in [2.05, 4.69) is 28.6 Å². The molecule has 0 heterocycles. The van der Waals surface area contributed by atoms with Crippen LogP contribution in [0.4, 0.5) is 0 Å². The van der Waals surface area contributed by atoms with Crippen molar-refractivity contribution in [1.82, 2.24) is 16.0 Å². The van der Waals surface area contributed by atoms with Crippen molar-refractivity contribution in [2.45, 2.75) is 57.3 Å². The third kappa shape index (κ3) is 9.83. The van der Waals surface area contributed by atoms with Gasteiger partial charge in [-0.15, -0.1) is 0 Å². The van der Waals surface area contributed by atoms with Crippen molar-refractivity contribution in [1.29, 1.82) is 0 Å². The molecule has 13 heteroatoms. The lowest BCUT2D eigenvalue weighted by molar-refractivity contribution is -0.142. The normalized spacial score (nSPS) is 15.1. The largest absolute Gasteiger partial charge is 0.508 e. The number of benzene rings is 1. The number of carboxylic acid groups (broad SMARTS) is 2. The minimum Gasteiger partial charge on any atom is -0.508 e. The molecule has 35 heavy (non-hydrogen) atoms. The van der Waals surface area contributed by atoms with Crippen molar-refractivity contribution >= 4 is 42.3 Å². The van der Waals surface area contributed by atoms with Gasteiger partial charge in [0.25, 0.3) is 0 Å². The lowest BCUT2D eigenvalue weighted by Gasteiger charge is -2.27. The van der Waals surface area contributed by atoms with E-state index in [0.717, 1.165) is 0 Å². The lowest BCUT2D eigenvalue weighted by atomic mass is 9.97. The number of carbonyl (C=O) groups excluding carboxylic acids is 3. The van der Waals surface area contributed by atoms with Crippen LogP contribution >= 0.6 is 12.6 Å². The summed E-state index contributed by atoms with van der Waals surface area (Å²) < 4.78 is 0. The minimum atomic E-state index is -1.37. The molecule has 0 radical (unpaired) electrons. The molecule has 12 nitrogen and oxygen atoms in total. The molecule has 0 aromatic heterocycles. The fraction of sp³-hybridized carbons (Fsp3) is 0.500. The number of phenolic OH excluding ortho intramolecular Hbond substituents is 1.